The average Bonchev–Trinajstić information content (AvgIpc) is 3.48. The van der Waals surface area contributed by atoms with Crippen LogP contribution in [0.2, 0.25) is 0 Å². The summed E-state index contributed by atoms with van der Waals surface area (Å²) in [6, 6.07) is 19.8. The molecule has 2 heterocycles. The Morgan fingerprint density at radius 3 is 2.33 bits per heavy atom. The molecule has 0 N–H and O–H groups in total. The predicted molar refractivity (Wildman–Crippen MR) is 193 cm³/mol. The van der Waals surface area contributed by atoms with Gasteiger partial charge in [-0.15, -0.1) is 0 Å². The molecular weight excluding hydrogens is 638 g/mol. The van der Waals surface area contributed by atoms with Gasteiger partial charge in [0.1, 0.15) is 19.3 Å². The van der Waals surface area contributed by atoms with E-state index in [9.17, 15) is 9.59 Å². The molecule has 0 bridgehead atoms. The molecule has 12 atom stereocenters. The highest BCUT2D eigenvalue weighted by Crippen LogP contribution is 2.87. The number of piperidine rings is 1. The highest BCUT2D eigenvalue weighted by molar-refractivity contribution is 5.68. The predicted octanol–water partition coefficient (Wildman–Crippen LogP) is 9.49. The number of amides is 1. The summed E-state index contributed by atoms with van der Waals surface area (Å²) in [5.41, 5.74) is 3.82. The van der Waals surface area contributed by atoms with Crippen molar-refractivity contribution < 1.29 is 28.5 Å². The van der Waals surface area contributed by atoms with Crippen LogP contribution >= 0.6 is 0 Å². The minimum Gasteiger partial charge on any atom is -0.445 e. The fourth-order valence-corrected chi connectivity index (χ4v) is 13.3. The molecule has 2 aromatic carbocycles. The number of allylic oxidation sites excluding steroid dienone is 1. The number of carbonyl (C=O) groups excluding carboxylic acids is 2. The van der Waals surface area contributed by atoms with Crippen LogP contribution in [0.1, 0.15) is 96.6 Å². The lowest BCUT2D eigenvalue weighted by Crippen LogP contribution is -2.56. The van der Waals surface area contributed by atoms with E-state index in [0.29, 0.717) is 29.8 Å². The van der Waals surface area contributed by atoms with E-state index in [1.54, 1.807) is 0 Å². The molecule has 2 aromatic rings. The first-order valence-corrected chi connectivity index (χ1v) is 19.8. The van der Waals surface area contributed by atoms with E-state index >= 15 is 0 Å². The Labute approximate surface area is 303 Å². The van der Waals surface area contributed by atoms with Gasteiger partial charge in [0, 0.05) is 24.3 Å². The van der Waals surface area contributed by atoms with Gasteiger partial charge in [0.15, 0.2) is 0 Å². The topological polar surface area (TPSA) is 74.3 Å². The van der Waals surface area contributed by atoms with Gasteiger partial charge in [0.05, 0.1) is 17.7 Å². The maximum Gasteiger partial charge on any atom is 0.508 e. The molecule has 0 aromatic heterocycles. The molecule has 7 heteroatoms. The highest BCUT2D eigenvalue weighted by Gasteiger charge is 2.84. The van der Waals surface area contributed by atoms with Gasteiger partial charge in [0.2, 0.25) is 0 Å². The number of hydrogen-bond donors (Lipinski definition) is 0. The van der Waals surface area contributed by atoms with Crippen molar-refractivity contribution in [3.05, 3.63) is 83.4 Å². The first-order chi connectivity index (χ1) is 24.6. The normalized spacial score (nSPS) is 43.1. The Morgan fingerprint density at radius 2 is 1.61 bits per heavy atom. The van der Waals surface area contributed by atoms with Gasteiger partial charge >= 0.3 is 12.2 Å². The molecule has 4 unspecified atom stereocenters. The molecule has 51 heavy (non-hydrogen) atoms. The lowest BCUT2D eigenvalue weighted by atomic mass is 9.56. The van der Waals surface area contributed by atoms with Gasteiger partial charge in [-0.3, -0.25) is 0 Å². The molecule has 1 amide bonds. The first-order valence-electron chi connectivity index (χ1n) is 19.8. The summed E-state index contributed by atoms with van der Waals surface area (Å²) >= 11 is 0. The number of benzene rings is 2. The Balaban J connectivity index is 0.891. The lowest BCUT2D eigenvalue weighted by molar-refractivity contribution is -0.147. The maximum atomic E-state index is 13.8. The fraction of sp³-hybridized carbons (Fsp3) is 0.636. The van der Waals surface area contributed by atoms with Crippen LogP contribution in [0.3, 0.4) is 0 Å². The van der Waals surface area contributed by atoms with Crippen LogP contribution in [0.25, 0.3) is 0 Å². The third-order valence-electron chi connectivity index (χ3n) is 15.7. The van der Waals surface area contributed by atoms with Gasteiger partial charge in [-0.1, -0.05) is 100 Å². The van der Waals surface area contributed by atoms with E-state index < -0.39 is 6.16 Å². The van der Waals surface area contributed by atoms with E-state index in [1.165, 1.54) is 24.8 Å². The van der Waals surface area contributed by atoms with E-state index in [2.05, 4.69) is 38.7 Å². The first kappa shape index (κ1) is 33.5. The third kappa shape index (κ3) is 5.06. The summed E-state index contributed by atoms with van der Waals surface area (Å²) in [6.45, 7) is 11.0. The fourth-order valence-electron chi connectivity index (χ4n) is 13.3. The Kier molecular flexibility index (Phi) is 7.96. The van der Waals surface area contributed by atoms with Gasteiger partial charge < -0.3 is 23.8 Å². The number of nitrogens with zero attached hydrogens (tertiary/aromatic N) is 1. The number of hydrogen-bond acceptors (Lipinski definition) is 6. The summed E-state index contributed by atoms with van der Waals surface area (Å²) in [5.74, 6) is 2.70. The summed E-state index contributed by atoms with van der Waals surface area (Å²) < 4.78 is 24.8. The van der Waals surface area contributed by atoms with Gasteiger partial charge in [-0.05, 0) is 97.0 Å². The summed E-state index contributed by atoms with van der Waals surface area (Å²) in [6.07, 6.45) is 11.4. The van der Waals surface area contributed by atoms with Crippen molar-refractivity contribution in [2.75, 3.05) is 6.54 Å². The Hall–Kier alpha value is -3.32. The van der Waals surface area contributed by atoms with Crippen LogP contribution in [0.15, 0.2) is 72.3 Å². The van der Waals surface area contributed by atoms with Crippen LogP contribution in [0.5, 0.6) is 0 Å². The molecule has 9 rings (SSSR count). The second kappa shape index (κ2) is 12.1. The molecular formula is C44H55NO6. The molecule has 5 aliphatic carbocycles. The zero-order valence-corrected chi connectivity index (χ0v) is 30.9. The number of likely N-dealkylation sites (tertiary alicyclic amines) is 1. The molecule has 6 fully saturated rings. The Bertz CT molecular complexity index is 1700. The smallest absolute Gasteiger partial charge is 0.445 e. The Morgan fingerprint density at radius 1 is 0.902 bits per heavy atom. The molecule has 0 radical (unpaired) electrons. The van der Waals surface area contributed by atoms with Gasteiger partial charge in [-0.2, -0.15) is 0 Å². The number of fused-ring (bicyclic) bond motifs is 6. The maximum absolute atomic E-state index is 13.8. The van der Waals surface area contributed by atoms with Crippen molar-refractivity contribution in [1.82, 2.24) is 4.90 Å². The third-order valence-corrected chi connectivity index (χ3v) is 15.7. The minimum absolute atomic E-state index is 0.0552. The molecule has 2 aliphatic heterocycles. The zero-order chi connectivity index (χ0) is 35.2. The monoisotopic (exact) mass is 693 g/mol. The average molecular weight is 694 g/mol. The van der Waals surface area contributed by atoms with Crippen LogP contribution in [-0.2, 0) is 32.2 Å². The van der Waals surface area contributed by atoms with Crippen LogP contribution < -0.4 is 0 Å². The van der Waals surface area contributed by atoms with Crippen molar-refractivity contribution in [2.24, 2.45) is 45.8 Å². The number of rotatable bonds is 5. The van der Waals surface area contributed by atoms with Crippen molar-refractivity contribution in [3.63, 3.8) is 0 Å². The quantitative estimate of drug-likeness (QED) is 0.230. The standard InChI is InChI=1S/C44H55NO6/c1-28-21-37-38(45(24-28)39(46)48-25-30-11-7-5-8-12-30)29(2)44(51-37)20-18-35-34-16-15-32-22-33(50-40(47)49-26-31-13-9-6-10-14-31)17-19-41(32,3)36(34)23-43(35)27-42(43,44)4/h5-15,28-29,33-38H,16-27H2,1-4H3/t28-,29+,33-,34?,35-,36-,37+,38?,41-,42?,43?,44+/m0/s1. The molecule has 272 valence electrons. The second-order valence-electron chi connectivity index (χ2n) is 18.0. The molecule has 2 spiro atoms. The minimum atomic E-state index is -0.560. The van der Waals surface area contributed by atoms with Crippen molar-refractivity contribution in [1.29, 1.82) is 0 Å². The molecule has 7 nitrogen and oxygen atoms in total. The molecule has 2 saturated heterocycles. The van der Waals surface area contributed by atoms with E-state index in [0.717, 1.165) is 62.1 Å². The molecule has 7 aliphatic rings. The van der Waals surface area contributed by atoms with Crippen molar-refractivity contribution in [2.45, 2.75) is 123 Å². The highest BCUT2D eigenvalue weighted by atomic mass is 16.7. The van der Waals surface area contributed by atoms with E-state index in [4.69, 9.17) is 18.9 Å². The van der Waals surface area contributed by atoms with E-state index in [-0.39, 0.29) is 53.3 Å². The van der Waals surface area contributed by atoms with Gasteiger partial charge in [-0.25, -0.2) is 9.59 Å². The summed E-state index contributed by atoms with van der Waals surface area (Å²) in [7, 11) is 0. The van der Waals surface area contributed by atoms with E-state index in [1.807, 2.05) is 60.7 Å². The SMILES string of the molecule is C[C@H]1C[C@H]2O[C@]3(CC[C@H]4C5CC=C6C[C@@H](OC(=O)OCc7ccccc7)CC[C@]6(C)[C@H]5CC45CC53C)[C@H](C)C2N(C(=O)OCc2ccccc2)C1. The number of carbonyl (C=O) groups is 2. The summed E-state index contributed by atoms with van der Waals surface area (Å²) in [4.78, 5) is 28.5. The zero-order valence-electron chi connectivity index (χ0n) is 30.9. The molecule has 4 saturated carbocycles. The summed E-state index contributed by atoms with van der Waals surface area (Å²) in [5, 5.41) is 0. The second-order valence-corrected chi connectivity index (χ2v) is 18.0. The van der Waals surface area contributed by atoms with Crippen molar-refractivity contribution >= 4 is 12.2 Å². The van der Waals surface area contributed by atoms with Crippen LogP contribution in [0, 0.1) is 45.8 Å². The van der Waals surface area contributed by atoms with Gasteiger partial charge in [0.25, 0.3) is 0 Å². The number of ether oxygens (including phenoxy) is 4. The largest absolute Gasteiger partial charge is 0.508 e. The van der Waals surface area contributed by atoms with Crippen LogP contribution in [0.4, 0.5) is 9.59 Å². The van der Waals surface area contributed by atoms with Crippen LogP contribution in [-0.4, -0.2) is 47.5 Å². The van der Waals surface area contributed by atoms with Crippen molar-refractivity contribution in [3.8, 4) is 0 Å². The lowest BCUT2D eigenvalue weighted by Gasteiger charge is -2.50.